The zero-order valence-corrected chi connectivity index (χ0v) is 17.5. The summed E-state index contributed by atoms with van der Waals surface area (Å²) in [5.74, 6) is -4.30. The SMILES string of the molecule is CCC(C)C(NC(=O)C(NC(=O)C(CO)NC(=O)C(N)C(C)O)C(C)C)C(=O)O. The number of hydrogen-bond donors (Lipinski definition) is 7. The Labute approximate surface area is 170 Å². The highest BCUT2D eigenvalue weighted by molar-refractivity contribution is 5.94. The average molecular weight is 418 g/mol. The first-order chi connectivity index (χ1) is 13.4. The van der Waals surface area contributed by atoms with Crippen molar-refractivity contribution >= 4 is 23.7 Å². The lowest BCUT2D eigenvalue weighted by atomic mass is 9.97. The first-order valence-electron chi connectivity index (χ1n) is 9.55. The summed E-state index contributed by atoms with van der Waals surface area (Å²) < 4.78 is 0. The fraction of sp³-hybridized carbons (Fsp3) is 0.778. The Morgan fingerprint density at radius 3 is 1.79 bits per heavy atom. The van der Waals surface area contributed by atoms with E-state index in [1.807, 2.05) is 0 Å². The van der Waals surface area contributed by atoms with Crippen LogP contribution in [0.3, 0.4) is 0 Å². The summed E-state index contributed by atoms with van der Waals surface area (Å²) in [5, 5.41) is 35.2. The van der Waals surface area contributed by atoms with E-state index in [2.05, 4.69) is 16.0 Å². The minimum absolute atomic E-state index is 0.327. The molecule has 0 aromatic rings. The van der Waals surface area contributed by atoms with Crippen LogP contribution in [0.4, 0.5) is 0 Å². The number of carboxylic acids is 1. The van der Waals surface area contributed by atoms with E-state index in [4.69, 9.17) is 5.73 Å². The summed E-state index contributed by atoms with van der Waals surface area (Å²) in [4.78, 5) is 48.4. The van der Waals surface area contributed by atoms with Crippen LogP contribution in [-0.2, 0) is 19.2 Å². The maximum atomic E-state index is 12.6. The second-order valence-corrected chi connectivity index (χ2v) is 7.45. The largest absolute Gasteiger partial charge is 0.480 e. The third-order valence-corrected chi connectivity index (χ3v) is 4.66. The highest BCUT2D eigenvalue weighted by Crippen LogP contribution is 2.10. The van der Waals surface area contributed by atoms with Crippen molar-refractivity contribution in [2.45, 2.75) is 71.3 Å². The summed E-state index contributed by atoms with van der Waals surface area (Å²) in [7, 11) is 0. The van der Waals surface area contributed by atoms with Gasteiger partial charge in [-0.1, -0.05) is 34.1 Å². The molecule has 29 heavy (non-hydrogen) atoms. The molecular formula is C18H34N4O7. The van der Waals surface area contributed by atoms with Gasteiger partial charge in [0.2, 0.25) is 17.7 Å². The van der Waals surface area contributed by atoms with E-state index in [9.17, 15) is 34.5 Å². The second kappa shape index (κ2) is 12.3. The highest BCUT2D eigenvalue weighted by Gasteiger charge is 2.33. The van der Waals surface area contributed by atoms with Crippen LogP contribution >= 0.6 is 0 Å². The van der Waals surface area contributed by atoms with Crippen molar-refractivity contribution < 1.29 is 34.5 Å². The van der Waals surface area contributed by atoms with Gasteiger partial charge >= 0.3 is 5.97 Å². The Morgan fingerprint density at radius 1 is 0.897 bits per heavy atom. The maximum absolute atomic E-state index is 12.6. The van der Waals surface area contributed by atoms with Gasteiger partial charge in [-0.15, -0.1) is 0 Å². The van der Waals surface area contributed by atoms with Crippen molar-refractivity contribution in [3.8, 4) is 0 Å². The van der Waals surface area contributed by atoms with Crippen LogP contribution in [-0.4, -0.2) is 75.9 Å². The zero-order chi connectivity index (χ0) is 22.9. The van der Waals surface area contributed by atoms with Gasteiger partial charge in [-0.25, -0.2) is 4.79 Å². The van der Waals surface area contributed by atoms with Gasteiger partial charge in [-0.05, 0) is 18.8 Å². The standard InChI is InChI=1S/C18H34N4O7/c1-6-9(4)14(18(28)29)22-17(27)13(8(2)3)21-15(25)11(7-23)20-16(26)12(19)10(5)24/h8-14,23-24H,6-7,19H2,1-5H3,(H,20,26)(H,21,25)(H,22,27)(H,28,29). The van der Waals surface area contributed by atoms with Crippen LogP contribution in [0.25, 0.3) is 0 Å². The molecule has 8 N–H and O–H groups in total. The van der Waals surface area contributed by atoms with Crippen LogP contribution in [0, 0.1) is 11.8 Å². The number of aliphatic hydroxyl groups is 2. The molecule has 3 amide bonds. The Morgan fingerprint density at radius 2 is 1.41 bits per heavy atom. The van der Waals surface area contributed by atoms with E-state index in [-0.39, 0.29) is 5.92 Å². The number of carboxylic acid groups (broad SMARTS) is 1. The van der Waals surface area contributed by atoms with E-state index < -0.39 is 66.5 Å². The van der Waals surface area contributed by atoms with Gasteiger partial charge in [-0.3, -0.25) is 14.4 Å². The summed E-state index contributed by atoms with van der Waals surface area (Å²) in [6, 6.07) is -4.91. The van der Waals surface area contributed by atoms with Gasteiger partial charge in [0.15, 0.2) is 0 Å². The lowest BCUT2D eigenvalue weighted by molar-refractivity contribution is -0.144. The first-order valence-corrected chi connectivity index (χ1v) is 9.55. The monoisotopic (exact) mass is 418 g/mol. The molecule has 0 aliphatic carbocycles. The molecule has 0 saturated carbocycles. The number of aliphatic carboxylic acids is 1. The van der Waals surface area contributed by atoms with Crippen molar-refractivity contribution in [2.75, 3.05) is 6.61 Å². The Kier molecular flexibility index (Phi) is 11.4. The molecule has 0 rings (SSSR count). The van der Waals surface area contributed by atoms with E-state index in [1.54, 1.807) is 27.7 Å². The van der Waals surface area contributed by atoms with Gasteiger partial charge < -0.3 is 37.0 Å². The number of amides is 3. The van der Waals surface area contributed by atoms with E-state index in [0.29, 0.717) is 6.42 Å². The Balaban J connectivity index is 5.25. The van der Waals surface area contributed by atoms with Crippen molar-refractivity contribution in [1.82, 2.24) is 16.0 Å². The number of carbonyl (C=O) groups is 4. The maximum Gasteiger partial charge on any atom is 0.326 e. The minimum Gasteiger partial charge on any atom is -0.480 e. The summed E-state index contributed by atoms with van der Waals surface area (Å²) >= 11 is 0. The molecule has 0 bridgehead atoms. The lowest BCUT2D eigenvalue weighted by Gasteiger charge is -2.28. The second-order valence-electron chi connectivity index (χ2n) is 7.45. The van der Waals surface area contributed by atoms with E-state index in [0.717, 1.165) is 0 Å². The molecule has 0 fully saturated rings. The van der Waals surface area contributed by atoms with Crippen LogP contribution in [0.15, 0.2) is 0 Å². The molecule has 6 atom stereocenters. The van der Waals surface area contributed by atoms with Crippen molar-refractivity contribution in [2.24, 2.45) is 17.6 Å². The summed E-state index contributed by atoms with van der Waals surface area (Å²) in [6.45, 7) is 7.32. The quantitative estimate of drug-likeness (QED) is 0.188. The van der Waals surface area contributed by atoms with Crippen molar-refractivity contribution in [3.05, 3.63) is 0 Å². The molecule has 11 nitrogen and oxygen atoms in total. The molecule has 0 heterocycles. The minimum atomic E-state index is -1.40. The fourth-order valence-corrected chi connectivity index (χ4v) is 2.40. The van der Waals surface area contributed by atoms with Gasteiger partial charge in [0.05, 0.1) is 12.7 Å². The zero-order valence-electron chi connectivity index (χ0n) is 17.5. The summed E-state index contributed by atoms with van der Waals surface area (Å²) in [6.07, 6.45) is -0.641. The normalized spacial score (nSPS) is 17.4. The predicted octanol–water partition coefficient (Wildman–Crippen LogP) is -2.07. The number of hydrogen-bond acceptors (Lipinski definition) is 7. The van der Waals surface area contributed by atoms with E-state index >= 15 is 0 Å². The van der Waals surface area contributed by atoms with Crippen LogP contribution in [0.2, 0.25) is 0 Å². The highest BCUT2D eigenvalue weighted by atomic mass is 16.4. The van der Waals surface area contributed by atoms with Gasteiger partial charge in [0.25, 0.3) is 0 Å². The molecule has 0 aromatic heterocycles. The number of rotatable bonds is 12. The van der Waals surface area contributed by atoms with Gasteiger partial charge in [0.1, 0.15) is 24.2 Å². The van der Waals surface area contributed by atoms with Crippen molar-refractivity contribution in [1.29, 1.82) is 0 Å². The average Bonchev–Trinajstić information content (AvgIpc) is 2.65. The smallest absolute Gasteiger partial charge is 0.326 e. The Hall–Kier alpha value is -2.24. The molecule has 0 spiro atoms. The molecule has 0 saturated heterocycles. The summed E-state index contributed by atoms with van der Waals surface area (Å²) in [5.41, 5.74) is 5.49. The first kappa shape index (κ1) is 26.8. The molecule has 0 aromatic carbocycles. The van der Waals surface area contributed by atoms with E-state index in [1.165, 1.54) is 6.92 Å². The molecule has 11 heteroatoms. The molecular weight excluding hydrogens is 384 g/mol. The molecule has 0 aliphatic rings. The third-order valence-electron chi connectivity index (χ3n) is 4.66. The predicted molar refractivity (Wildman–Crippen MR) is 104 cm³/mol. The van der Waals surface area contributed by atoms with Gasteiger partial charge in [0, 0.05) is 0 Å². The van der Waals surface area contributed by atoms with Gasteiger partial charge in [-0.2, -0.15) is 0 Å². The van der Waals surface area contributed by atoms with Crippen LogP contribution in [0.1, 0.15) is 41.0 Å². The third kappa shape index (κ3) is 8.34. The van der Waals surface area contributed by atoms with Crippen LogP contribution < -0.4 is 21.7 Å². The Bertz CT molecular complexity index is 583. The molecule has 168 valence electrons. The molecule has 6 unspecified atom stereocenters. The van der Waals surface area contributed by atoms with Crippen molar-refractivity contribution in [3.63, 3.8) is 0 Å². The molecule has 0 radical (unpaired) electrons. The topological polar surface area (TPSA) is 191 Å². The fourth-order valence-electron chi connectivity index (χ4n) is 2.40. The van der Waals surface area contributed by atoms with Crippen LogP contribution in [0.5, 0.6) is 0 Å². The number of carbonyl (C=O) groups excluding carboxylic acids is 3. The number of nitrogens with one attached hydrogen (secondary N) is 3. The molecule has 0 aliphatic heterocycles. The number of aliphatic hydroxyl groups excluding tert-OH is 2. The lowest BCUT2D eigenvalue weighted by Crippen LogP contribution is -2.60. The number of nitrogens with two attached hydrogens (primary N) is 1.